The van der Waals surface area contributed by atoms with Gasteiger partial charge in [-0.15, -0.1) is 0 Å². The quantitative estimate of drug-likeness (QED) is 0.677. The Bertz CT molecular complexity index is 337. The molecule has 0 aliphatic rings. The third-order valence-electron chi connectivity index (χ3n) is 2.61. The van der Waals surface area contributed by atoms with Gasteiger partial charge in [-0.3, -0.25) is 0 Å². The number of nitrogens with two attached hydrogens (primary N) is 1. The first-order valence-electron chi connectivity index (χ1n) is 6.12. The first-order valence-corrected chi connectivity index (χ1v) is 6.12. The predicted octanol–water partition coefficient (Wildman–Crippen LogP) is 4.39. The Morgan fingerprint density at radius 2 is 1.76 bits per heavy atom. The zero-order valence-corrected chi connectivity index (χ0v) is 11.9. The largest absolute Gasteiger partial charge is 0.330 e. The van der Waals surface area contributed by atoms with Crippen LogP contribution >= 0.6 is 0 Å². The lowest BCUT2D eigenvalue weighted by Gasteiger charge is -2.23. The van der Waals surface area contributed by atoms with Crippen molar-refractivity contribution in [1.82, 2.24) is 0 Å². The summed E-state index contributed by atoms with van der Waals surface area (Å²) in [6.45, 7) is 21.4. The van der Waals surface area contributed by atoms with E-state index in [1.165, 1.54) is 5.57 Å². The number of allylic oxidation sites excluding steroid dienone is 4. The zero-order chi connectivity index (χ0) is 13.6. The van der Waals surface area contributed by atoms with E-state index < -0.39 is 0 Å². The third-order valence-corrected chi connectivity index (χ3v) is 2.61. The summed E-state index contributed by atoms with van der Waals surface area (Å²) >= 11 is 0. The van der Waals surface area contributed by atoms with Crippen LogP contribution in [0.2, 0.25) is 0 Å². The normalized spacial score (nSPS) is 13.0. The molecule has 0 aliphatic carbocycles. The van der Waals surface area contributed by atoms with Crippen molar-refractivity contribution in [1.29, 1.82) is 0 Å². The number of hydrogen-bond acceptors (Lipinski definition) is 1. The molecular weight excluding hydrogens is 206 g/mol. The van der Waals surface area contributed by atoms with Crippen LogP contribution in [0, 0.1) is 5.41 Å². The standard InChI is InChI=1S/C16H27N/c1-8-12(2)15(13(3)9-10-17)14(4)11-16(5,6)7/h8H,1-2,4,9-11,17H2,3,5-7H3/b15-13-. The topological polar surface area (TPSA) is 26.0 Å². The SMILES string of the molecule is C=CC(=C)/C(C(=C)CC(C)(C)C)=C(\C)CCN. The van der Waals surface area contributed by atoms with Crippen LogP contribution in [0.25, 0.3) is 0 Å². The first kappa shape index (κ1) is 15.9. The van der Waals surface area contributed by atoms with Gasteiger partial charge in [0, 0.05) is 0 Å². The van der Waals surface area contributed by atoms with Gasteiger partial charge < -0.3 is 5.73 Å². The molecule has 2 N–H and O–H groups in total. The van der Waals surface area contributed by atoms with Gasteiger partial charge in [-0.25, -0.2) is 0 Å². The van der Waals surface area contributed by atoms with Gasteiger partial charge in [0.25, 0.3) is 0 Å². The molecule has 0 saturated carbocycles. The lowest BCUT2D eigenvalue weighted by atomic mass is 9.82. The molecule has 96 valence electrons. The molecule has 0 amide bonds. The Morgan fingerprint density at radius 1 is 1.24 bits per heavy atom. The van der Waals surface area contributed by atoms with Gasteiger partial charge in [-0.1, -0.05) is 52.2 Å². The molecule has 0 fully saturated rings. The maximum absolute atomic E-state index is 5.62. The Labute approximate surface area is 107 Å². The van der Waals surface area contributed by atoms with Gasteiger partial charge in [0.05, 0.1) is 0 Å². The zero-order valence-electron chi connectivity index (χ0n) is 11.9. The van der Waals surface area contributed by atoms with Crippen molar-refractivity contribution in [2.24, 2.45) is 11.1 Å². The Morgan fingerprint density at radius 3 is 2.12 bits per heavy atom. The van der Waals surface area contributed by atoms with Gasteiger partial charge in [0.1, 0.15) is 0 Å². The van der Waals surface area contributed by atoms with Crippen molar-refractivity contribution in [2.45, 2.75) is 40.5 Å². The molecule has 0 unspecified atom stereocenters. The molecule has 0 radical (unpaired) electrons. The highest BCUT2D eigenvalue weighted by Gasteiger charge is 2.16. The molecule has 0 aromatic rings. The van der Waals surface area contributed by atoms with Crippen LogP contribution in [0.3, 0.4) is 0 Å². The van der Waals surface area contributed by atoms with Gasteiger partial charge in [-0.05, 0) is 48.4 Å². The van der Waals surface area contributed by atoms with E-state index in [2.05, 4.69) is 47.4 Å². The third kappa shape index (κ3) is 5.69. The van der Waals surface area contributed by atoms with Crippen LogP contribution in [-0.4, -0.2) is 6.54 Å². The van der Waals surface area contributed by atoms with E-state index in [9.17, 15) is 0 Å². The van der Waals surface area contributed by atoms with Crippen molar-refractivity contribution in [3.63, 3.8) is 0 Å². The van der Waals surface area contributed by atoms with Crippen molar-refractivity contribution >= 4 is 0 Å². The van der Waals surface area contributed by atoms with Crippen LogP contribution in [0.15, 0.2) is 48.1 Å². The van der Waals surface area contributed by atoms with Crippen molar-refractivity contribution in [2.75, 3.05) is 6.54 Å². The molecule has 0 aromatic carbocycles. The fourth-order valence-corrected chi connectivity index (χ4v) is 1.98. The summed E-state index contributed by atoms with van der Waals surface area (Å²) < 4.78 is 0. The van der Waals surface area contributed by atoms with E-state index in [1.54, 1.807) is 6.08 Å². The lowest BCUT2D eigenvalue weighted by Crippen LogP contribution is -2.09. The van der Waals surface area contributed by atoms with Gasteiger partial charge in [0.2, 0.25) is 0 Å². The second kappa shape index (κ2) is 6.61. The molecule has 0 bridgehead atoms. The summed E-state index contributed by atoms with van der Waals surface area (Å²) in [5.41, 5.74) is 10.3. The first-order chi connectivity index (χ1) is 7.72. The van der Waals surface area contributed by atoms with E-state index in [0.717, 1.165) is 29.6 Å². The molecule has 0 atom stereocenters. The molecule has 0 aliphatic heterocycles. The van der Waals surface area contributed by atoms with Crippen molar-refractivity contribution < 1.29 is 0 Å². The summed E-state index contributed by atoms with van der Waals surface area (Å²) in [5.74, 6) is 0. The monoisotopic (exact) mass is 233 g/mol. The van der Waals surface area contributed by atoms with E-state index in [0.29, 0.717) is 6.54 Å². The van der Waals surface area contributed by atoms with Crippen LogP contribution < -0.4 is 5.73 Å². The Balaban J connectivity index is 5.21. The highest BCUT2D eigenvalue weighted by Crippen LogP contribution is 2.32. The second-order valence-electron chi connectivity index (χ2n) is 5.76. The average molecular weight is 233 g/mol. The van der Waals surface area contributed by atoms with Crippen molar-refractivity contribution in [3.8, 4) is 0 Å². The molecule has 0 aromatic heterocycles. The van der Waals surface area contributed by atoms with E-state index in [-0.39, 0.29) is 5.41 Å². The fourth-order valence-electron chi connectivity index (χ4n) is 1.98. The number of rotatable bonds is 6. The molecular formula is C16H27N. The van der Waals surface area contributed by atoms with E-state index in [4.69, 9.17) is 5.73 Å². The van der Waals surface area contributed by atoms with Gasteiger partial charge >= 0.3 is 0 Å². The van der Waals surface area contributed by atoms with Gasteiger partial charge in [0.15, 0.2) is 0 Å². The highest BCUT2D eigenvalue weighted by atomic mass is 14.5. The van der Waals surface area contributed by atoms with Crippen molar-refractivity contribution in [3.05, 3.63) is 48.1 Å². The molecule has 1 heteroatoms. The minimum atomic E-state index is 0.229. The summed E-state index contributed by atoms with van der Waals surface area (Å²) in [4.78, 5) is 0. The maximum atomic E-state index is 5.62. The van der Waals surface area contributed by atoms with Crippen LogP contribution in [0.5, 0.6) is 0 Å². The summed E-state index contributed by atoms with van der Waals surface area (Å²) in [7, 11) is 0. The summed E-state index contributed by atoms with van der Waals surface area (Å²) in [5, 5.41) is 0. The molecule has 0 saturated heterocycles. The van der Waals surface area contributed by atoms with E-state index in [1.807, 2.05) is 0 Å². The Hall–Kier alpha value is -1.08. The molecule has 17 heavy (non-hydrogen) atoms. The second-order valence-corrected chi connectivity index (χ2v) is 5.76. The summed E-state index contributed by atoms with van der Waals surface area (Å²) in [6.07, 6.45) is 3.63. The molecule has 0 rings (SSSR count). The van der Waals surface area contributed by atoms with Crippen LogP contribution in [0.1, 0.15) is 40.5 Å². The van der Waals surface area contributed by atoms with E-state index >= 15 is 0 Å². The van der Waals surface area contributed by atoms with Crippen LogP contribution in [-0.2, 0) is 0 Å². The molecule has 1 nitrogen and oxygen atoms in total. The Kier molecular flexibility index (Phi) is 6.19. The smallest absolute Gasteiger partial charge is 0.00397 e. The summed E-state index contributed by atoms with van der Waals surface area (Å²) in [6, 6.07) is 0. The minimum absolute atomic E-state index is 0.229. The van der Waals surface area contributed by atoms with Gasteiger partial charge in [-0.2, -0.15) is 0 Å². The molecule has 0 spiro atoms. The average Bonchev–Trinajstić information content (AvgIpc) is 2.15. The van der Waals surface area contributed by atoms with Crippen LogP contribution in [0.4, 0.5) is 0 Å². The highest BCUT2D eigenvalue weighted by molar-refractivity contribution is 5.51. The lowest BCUT2D eigenvalue weighted by molar-refractivity contribution is 0.412. The molecule has 0 heterocycles. The number of hydrogen-bond donors (Lipinski definition) is 1. The fraction of sp³-hybridized carbons (Fsp3) is 0.500. The predicted molar refractivity (Wildman–Crippen MR) is 78.9 cm³/mol. The minimum Gasteiger partial charge on any atom is -0.330 e. The maximum Gasteiger partial charge on any atom is -0.00397 e.